The lowest BCUT2D eigenvalue weighted by atomic mass is 10.4. The summed E-state index contributed by atoms with van der Waals surface area (Å²) >= 11 is 9.42. The van der Waals surface area contributed by atoms with E-state index in [-0.39, 0.29) is 5.91 Å². The monoisotopic (exact) mass is 317 g/mol. The first-order valence-corrected chi connectivity index (χ1v) is 4.48. The normalized spacial score (nSPS) is 23.4. The van der Waals surface area contributed by atoms with Crippen LogP contribution >= 0.6 is 47.8 Å². The van der Waals surface area contributed by atoms with Crippen molar-refractivity contribution in [1.82, 2.24) is 5.32 Å². The Hall–Kier alpha value is 0.650. The maximum atomic E-state index is 10.8. The fraction of sp³-hybridized carbons (Fsp3) is 0.250. The molecule has 50 valence electrons. The number of carbonyl (C=O) groups is 1. The summed E-state index contributed by atoms with van der Waals surface area (Å²) in [5, 5.41) is 2.55. The lowest BCUT2D eigenvalue weighted by Crippen LogP contribution is -2.26. The van der Waals surface area contributed by atoms with Gasteiger partial charge >= 0.3 is 0 Å². The van der Waals surface area contributed by atoms with Gasteiger partial charge in [-0.3, -0.25) is 4.79 Å². The van der Waals surface area contributed by atoms with Crippen molar-refractivity contribution in [2.45, 2.75) is 3.23 Å². The van der Waals surface area contributed by atoms with Gasteiger partial charge < -0.3 is 5.32 Å². The molecule has 2 nitrogen and oxygen atoms in total. The number of hydrogen-bond donors (Lipinski definition) is 1. The van der Waals surface area contributed by atoms with Crippen LogP contribution in [0, 0.1) is 0 Å². The first-order chi connectivity index (χ1) is 4.02. The lowest BCUT2D eigenvalue weighted by Gasteiger charge is -2.03. The van der Waals surface area contributed by atoms with Crippen LogP contribution in [-0.2, 0) is 4.79 Å². The quantitative estimate of drug-likeness (QED) is 0.536. The number of alkyl halides is 2. The van der Waals surface area contributed by atoms with Gasteiger partial charge in [-0.2, -0.15) is 0 Å². The molecule has 0 fully saturated rings. The third-order valence-corrected chi connectivity index (χ3v) is 2.45. The highest BCUT2D eigenvalue weighted by molar-refractivity contribution is 9.26. The first kappa shape index (κ1) is 7.75. The van der Waals surface area contributed by atoms with Gasteiger partial charge in [-0.05, 0) is 22.0 Å². The number of amides is 1. The van der Waals surface area contributed by atoms with Crippen molar-refractivity contribution in [2.24, 2.45) is 0 Å². The zero-order valence-electron chi connectivity index (χ0n) is 4.12. The zero-order valence-corrected chi connectivity index (χ0v) is 8.88. The molecular weight excluding hydrogens is 318 g/mol. The van der Waals surface area contributed by atoms with Crippen molar-refractivity contribution in [1.29, 1.82) is 0 Å². The van der Waals surface area contributed by atoms with E-state index in [1.165, 1.54) is 0 Å². The molecule has 0 radical (unpaired) electrons. The number of carbonyl (C=O) groups excluding carboxylic acids is 1. The third kappa shape index (κ3) is 1.56. The summed E-state index contributed by atoms with van der Waals surface area (Å²) in [6.07, 6.45) is 1.69. The van der Waals surface area contributed by atoms with Crippen LogP contribution in [-0.4, -0.2) is 9.14 Å². The predicted octanol–water partition coefficient (Wildman–Crippen LogP) is 1.84. The standard InChI is InChI=1S/C4H2Br3NO/c5-2-1-4(6,7)3(9)8-2/h1H,(H,8,9). The van der Waals surface area contributed by atoms with Gasteiger partial charge in [-0.15, -0.1) is 0 Å². The topological polar surface area (TPSA) is 29.1 Å². The van der Waals surface area contributed by atoms with Crippen LogP contribution < -0.4 is 5.32 Å². The van der Waals surface area contributed by atoms with Gasteiger partial charge in [-0.1, -0.05) is 31.9 Å². The first-order valence-electron chi connectivity index (χ1n) is 2.10. The van der Waals surface area contributed by atoms with E-state index < -0.39 is 3.23 Å². The van der Waals surface area contributed by atoms with Crippen LogP contribution in [0.25, 0.3) is 0 Å². The number of hydrogen-bond acceptors (Lipinski definition) is 1. The average Bonchev–Trinajstić information content (AvgIpc) is 1.79. The number of rotatable bonds is 0. The Balaban J connectivity index is 2.89. The maximum absolute atomic E-state index is 10.8. The predicted molar refractivity (Wildman–Crippen MR) is 45.7 cm³/mol. The molecule has 1 N–H and O–H groups in total. The second-order valence-electron chi connectivity index (χ2n) is 1.57. The molecule has 5 heteroatoms. The molecule has 0 spiro atoms. The van der Waals surface area contributed by atoms with E-state index >= 15 is 0 Å². The molecule has 1 heterocycles. The lowest BCUT2D eigenvalue weighted by molar-refractivity contribution is -0.118. The summed E-state index contributed by atoms with van der Waals surface area (Å²) in [7, 11) is 0. The molecule has 0 aromatic carbocycles. The highest BCUT2D eigenvalue weighted by Crippen LogP contribution is 2.34. The SMILES string of the molecule is O=C1NC(Br)=CC1(Br)Br. The highest BCUT2D eigenvalue weighted by Gasteiger charge is 2.35. The maximum Gasteiger partial charge on any atom is 0.256 e. The van der Waals surface area contributed by atoms with E-state index in [9.17, 15) is 4.79 Å². The van der Waals surface area contributed by atoms with Gasteiger partial charge in [0.1, 0.15) is 0 Å². The second-order valence-corrected chi connectivity index (χ2v) is 5.99. The highest BCUT2D eigenvalue weighted by atomic mass is 79.9. The Morgan fingerprint density at radius 2 is 2.11 bits per heavy atom. The van der Waals surface area contributed by atoms with E-state index in [0.29, 0.717) is 4.61 Å². The van der Waals surface area contributed by atoms with Crippen molar-refractivity contribution in [3.63, 3.8) is 0 Å². The average molecular weight is 320 g/mol. The number of halogens is 3. The Kier molecular flexibility index (Phi) is 2.03. The Morgan fingerprint density at radius 1 is 1.56 bits per heavy atom. The van der Waals surface area contributed by atoms with E-state index in [2.05, 4.69) is 53.1 Å². The number of nitrogens with one attached hydrogen (secondary N) is 1. The molecule has 1 aliphatic rings. The summed E-state index contributed by atoms with van der Waals surface area (Å²) < 4.78 is -0.0278. The Morgan fingerprint density at radius 3 is 2.22 bits per heavy atom. The zero-order chi connectivity index (χ0) is 7.07. The van der Waals surface area contributed by atoms with E-state index in [0.717, 1.165) is 0 Å². The Bertz CT molecular complexity index is 186. The van der Waals surface area contributed by atoms with Crippen LogP contribution in [0.2, 0.25) is 0 Å². The van der Waals surface area contributed by atoms with Crippen LogP contribution in [0.15, 0.2) is 10.7 Å². The van der Waals surface area contributed by atoms with Crippen LogP contribution in [0.5, 0.6) is 0 Å². The van der Waals surface area contributed by atoms with Gasteiger partial charge in [0.05, 0.1) is 4.61 Å². The molecular formula is C4H2Br3NO. The minimum atomic E-state index is -0.709. The molecule has 1 amide bonds. The molecule has 0 aliphatic carbocycles. The largest absolute Gasteiger partial charge is 0.318 e. The molecule has 0 saturated heterocycles. The minimum absolute atomic E-state index is 0.116. The van der Waals surface area contributed by atoms with Crippen molar-refractivity contribution < 1.29 is 4.79 Å². The van der Waals surface area contributed by atoms with Gasteiger partial charge in [0, 0.05) is 0 Å². The minimum Gasteiger partial charge on any atom is -0.318 e. The van der Waals surface area contributed by atoms with Gasteiger partial charge in [0.15, 0.2) is 3.23 Å². The van der Waals surface area contributed by atoms with Crippen molar-refractivity contribution in [3.8, 4) is 0 Å². The third-order valence-electron chi connectivity index (χ3n) is 0.844. The molecule has 0 aromatic heterocycles. The molecule has 0 atom stereocenters. The van der Waals surface area contributed by atoms with E-state index in [4.69, 9.17) is 0 Å². The smallest absolute Gasteiger partial charge is 0.256 e. The molecule has 0 unspecified atom stereocenters. The molecule has 0 aromatic rings. The fourth-order valence-electron chi connectivity index (χ4n) is 0.453. The second kappa shape index (κ2) is 2.36. The molecule has 1 rings (SSSR count). The summed E-state index contributed by atoms with van der Waals surface area (Å²) in [6, 6.07) is 0. The molecule has 0 saturated carbocycles. The van der Waals surface area contributed by atoms with Gasteiger partial charge in [-0.25, -0.2) is 0 Å². The summed E-state index contributed by atoms with van der Waals surface area (Å²) in [6.45, 7) is 0. The van der Waals surface area contributed by atoms with Gasteiger partial charge in [0.25, 0.3) is 5.91 Å². The van der Waals surface area contributed by atoms with Crippen molar-refractivity contribution in [2.75, 3.05) is 0 Å². The molecule has 1 aliphatic heterocycles. The fourth-order valence-corrected chi connectivity index (χ4v) is 2.25. The molecule has 9 heavy (non-hydrogen) atoms. The van der Waals surface area contributed by atoms with E-state index in [1.807, 2.05) is 0 Å². The summed E-state index contributed by atoms with van der Waals surface area (Å²) in [5.74, 6) is -0.116. The summed E-state index contributed by atoms with van der Waals surface area (Å²) in [5.41, 5.74) is 0. The van der Waals surface area contributed by atoms with Crippen molar-refractivity contribution in [3.05, 3.63) is 10.7 Å². The van der Waals surface area contributed by atoms with Crippen LogP contribution in [0.4, 0.5) is 0 Å². The van der Waals surface area contributed by atoms with Crippen LogP contribution in [0.3, 0.4) is 0 Å². The van der Waals surface area contributed by atoms with Crippen LogP contribution in [0.1, 0.15) is 0 Å². The molecule has 0 bridgehead atoms. The van der Waals surface area contributed by atoms with E-state index in [1.54, 1.807) is 6.08 Å². The summed E-state index contributed by atoms with van der Waals surface area (Å²) in [4.78, 5) is 10.8. The van der Waals surface area contributed by atoms with Crippen molar-refractivity contribution >= 4 is 53.7 Å². The Labute approximate surface area is 77.5 Å². The van der Waals surface area contributed by atoms with Gasteiger partial charge in [0.2, 0.25) is 0 Å².